The van der Waals surface area contributed by atoms with Crippen LogP contribution in [-0.4, -0.2) is 15.1 Å². The van der Waals surface area contributed by atoms with Crippen LogP contribution in [0.2, 0.25) is 0 Å². The minimum atomic E-state index is 0.471. The summed E-state index contributed by atoms with van der Waals surface area (Å²) in [4.78, 5) is 8.37. The van der Waals surface area contributed by atoms with Gasteiger partial charge in [-0.1, -0.05) is 5.16 Å². The van der Waals surface area contributed by atoms with E-state index in [-0.39, 0.29) is 0 Å². The van der Waals surface area contributed by atoms with Gasteiger partial charge in [0.1, 0.15) is 5.69 Å². The van der Waals surface area contributed by atoms with Crippen LogP contribution in [0, 0.1) is 5.92 Å². The standard InChI is InChI=1S/C9H10N4OS/c10-9-11-6(4-15-9)8-12-7(13-14-8)3-5-1-2-5/h4-5H,1-3H2,(H2,10,11). The fraction of sp³-hybridized carbons (Fsp3) is 0.444. The van der Waals surface area contributed by atoms with Crippen molar-refractivity contribution in [2.75, 3.05) is 5.73 Å². The van der Waals surface area contributed by atoms with Crippen LogP contribution in [0.3, 0.4) is 0 Å². The van der Waals surface area contributed by atoms with Gasteiger partial charge in [0, 0.05) is 11.8 Å². The van der Waals surface area contributed by atoms with Gasteiger partial charge in [-0.2, -0.15) is 4.98 Å². The minimum absolute atomic E-state index is 0.471. The molecule has 2 N–H and O–H groups in total. The number of anilines is 1. The number of nitrogens with two attached hydrogens (primary N) is 1. The molecule has 15 heavy (non-hydrogen) atoms. The SMILES string of the molecule is Nc1nc(-c2nc(CC3CC3)no2)cs1. The molecule has 78 valence electrons. The predicted octanol–water partition coefficient (Wildman–Crippen LogP) is 1.73. The average molecular weight is 222 g/mol. The molecule has 1 fully saturated rings. The molecule has 1 aliphatic rings. The van der Waals surface area contributed by atoms with E-state index in [0.717, 1.165) is 18.2 Å². The van der Waals surface area contributed by atoms with E-state index in [2.05, 4.69) is 15.1 Å². The van der Waals surface area contributed by atoms with E-state index >= 15 is 0 Å². The predicted molar refractivity (Wildman–Crippen MR) is 56.2 cm³/mol. The van der Waals surface area contributed by atoms with Crippen LogP contribution in [0.4, 0.5) is 5.13 Å². The molecule has 1 aliphatic carbocycles. The second kappa shape index (κ2) is 3.30. The average Bonchev–Trinajstić information content (AvgIpc) is 2.74. The number of aromatic nitrogens is 3. The third-order valence-corrected chi connectivity index (χ3v) is 3.05. The summed E-state index contributed by atoms with van der Waals surface area (Å²) in [6, 6.07) is 0. The van der Waals surface area contributed by atoms with Crippen molar-refractivity contribution in [2.45, 2.75) is 19.3 Å². The summed E-state index contributed by atoms with van der Waals surface area (Å²) >= 11 is 1.37. The van der Waals surface area contributed by atoms with Gasteiger partial charge in [-0.15, -0.1) is 11.3 Å². The Labute approximate surface area is 90.3 Å². The molecule has 0 bridgehead atoms. The van der Waals surface area contributed by atoms with Crippen LogP contribution < -0.4 is 5.73 Å². The van der Waals surface area contributed by atoms with Crippen molar-refractivity contribution in [3.05, 3.63) is 11.2 Å². The second-order valence-corrected chi connectivity index (χ2v) is 4.62. The zero-order valence-corrected chi connectivity index (χ0v) is 8.83. The molecular weight excluding hydrogens is 212 g/mol. The maximum atomic E-state index is 5.53. The molecule has 0 unspecified atom stereocenters. The smallest absolute Gasteiger partial charge is 0.277 e. The van der Waals surface area contributed by atoms with Crippen molar-refractivity contribution in [1.29, 1.82) is 0 Å². The third kappa shape index (κ3) is 1.85. The molecule has 3 rings (SSSR count). The van der Waals surface area contributed by atoms with Crippen molar-refractivity contribution >= 4 is 16.5 Å². The zero-order chi connectivity index (χ0) is 10.3. The van der Waals surface area contributed by atoms with Crippen molar-refractivity contribution in [3.8, 4) is 11.6 Å². The summed E-state index contributed by atoms with van der Waals surface area (Å²) in [5.41, 5.74) is 6.20. The molecule has 0 radical (unpaired) electrons. The van der Waals surface area contributed by atoms with Gasteiger partial charge in [-0.3, -0.25) is 0 Å². The van der Waals surface area contributed by atoms with Crippen LogP contribution in [0.25, 0.3) is 11.6 Å². The van der Waals surface area contributed by atoms with Gasteiger partial charge in [0.05, 0.1) is 0 Å². The van der Waals surface area contributed by atoms with Crippen LogP contribution in [0.1, 0.15) is 18.7 Å². The molecule has 0 atom stereocenters. The van der Waals surface area contributed by atoms with Gasteiger partial charge in [0.2, 0.25) is 0 Å². The van der Waals surface area contributed by atoms with E-state index in [1.54, 1.807) is 0 Å². The molecule has 0 spiro atoms. The molecule has 6 heteroatoms. The van der Waals surface area contributed by atoms with E-state index in [9.17, 15) is 0 Å². The summed E-state index contributed by atoms with van der Waals surface area (Å²) in [6.07, 6.45) is 3.49. The van der Waals surface area contributed by atoms with Gasteiger partial charge in [-0.25, -0.2) is 4.98 Å². The molecule has 0 amide bonds. The highest BCUT2D eigenvalue weighted by Gasteiger charge is 2.24. The largest absolute Gasteiger partial charge is 0.375 e. The summed E-state index contributed by atoms with van der Waals surface area (Å²) < 4.78 is 5.12. The summed E-state index contributed by atoms with van der Waals surface area (Å²) in [6.45, 7) is 0. The van der Waals surface area contributed by atoms with Crippen LogP contribution in [0.5, 0.6) is 0 Å². The van der Waals surface area contributed by atoms with E-state index in [0.29, 0.717) is 16.7 Å². The fourth-order valence-electron chi connectivity index (χ4n) is 1.41. The molecule has 0 aromatic carbocycles. The molecule has 0 saturated heterocycles. The number of rotatable bonds is 3. The molecule has 1 saturated carbocycles. The highest BCUT2D eigenvalue weighted by atomic mass is 32.1. The van der Waals surface area contributed by atoms with E-state index in [1.165, 1.54) is 24.2 Å². The normalized spacial score (nSPS) is 15.7. The third-order valence-electron chi connectivity index (χ3n) is 2.38. The summed E-state index contributed by atoms with van der Waals surface area (Å²) in [7, 11) is 0. The number of hydrogen-bond acceptors (Lipinski definition) is 6. The number of hydrogen-bond donors (Lipinski definition) is 1. The van der Waals surface area contributed by atoms with E-state index < -0.39 is 0 Å². The van der Waals surface area contributed by atoms with Crippen molar-refractivity contribution in [2.24, 2.45) is 5.92 Å². The Kier molecular flexibility index (Phi) is 1.95. The Morgan fingerprint density at radius 1 is 1.47 bits per heavy atom. The fourth-order valence-corrected chi connectivity index (χ4v) is 1.94. The van der Waals surface area contributed by atoms with Crippen molar-refractivity contribution < 1.29 is 4.52 Å². The van der Waals surface area contributed by atoms with Gasteiger partial charge in [0.15, 0.2) is 11.0 Å². The first-order valence-electron chi connectivity index (χ1n) is 4.85. The van der Waals surface area contributed by atoms with E-state index in [1.807, 2.05) is 5.38 Å². The van der Waals surface area contributed by atoms with E-state index in [4.69, 9.17) is 10.3 Å². The molecular formula is C9H10N4OS. The molecule has 0 aliphatic heterocycles. The lowest BCUT2D eigenvalue weighted by molar-refractivity contribution is 0.420. The molecule has 5 nitrogen and oxygen atoms in total. The first kappa shape index (κ1) is 8.84. The number of nitrogens with zero attached hydrogens (tertiary/aromatic N) is 3. The topological polar surface area (TPSA) is 77.8 Å². The highest BCUT2D eigenvalue weighted by Crippen LogP contribution is 2.32. The number of thiazole rings is 1. The lowest BCUT2D eigenvalue weighted by Crippen LogP contribution is -1.89. The van der Waals surface area contributed by atoms with Gasteiger partial charge < -0.3 is 10.3 Å². The Morgan fingerprint density at radius 3 is 3.00 bits per heavy atom. The Balaban J connectivity index is 1.82. The summed E-state index contributed by atoms with van der Waals surface area (Å²) in [5, 5.41) is 6.26. The lowest BCUT2D eigenvalue weighted by Gasteiger charge is -1.85. The minimum Gasteiger partial charge on any atom is -0.375 e. The lowest BCUT2D eigenvalue weighted by atomic mass is 10.3. The Morgan fingerprint density at radius 2 is 2.33 bits per heavy atom. The monoisotopic (exact) mass is 222 g/mol. The Bertz CT molecular complexity index is 474. The second-order valence-electron chi connectivity index (χ2n) is 3.73. The maximum absolute atomic E-state index is 5.53. The van der Waals surface area contributed by atoms with Crippen LogP contribution in [-0.2, 0) is 6.42 Å². The first-order chi connectivity index (χ1) is 7.31. The maximum Gasteiger partial charge on any atom is 0.277 e. The van der Waals surface area contributed by atoms with Gasteiger partial charge >= 0.3 is 0 Å². The molecule has 2 aromatic heterocycles. The Hall–Kier alpha value is -1.43. The van der Waals surface area contributed by atoms with Crippen LogP contribution >= 0.6 is 11.3 Å². The zero-order valence-electron chi connectivity index (χ0n) is 8.01. The number of nitrogen functional groups attached to an aromatic ring is 1. The first-order valence-corrected chi connectivity index (χ1v) is 5.73. The highest BCUT2D eigenvalue weighted by molar-refractivity contribution is 7.13. The van der Waals surface area contributed by atoms with Gasteiger partial charge in [0.25, 0.3) is 5.89 Å². The molecule has 2 aromatic rings. The summed E-state index contributed by atoms with van der Waals surface area (Å²) in [5.74, 6) is 2.01. The van der Waals surface area contributed by atoms with Crippen LogP contribution in [0.15, 0.2) is 9.90 Å². The molecule has 2 heterocycles. The van der Waals surface area contributed by atoms with Crippen molar-refractivity contribution in [3.63, 3.8) is 0 Å². The van der Waals surface area contributed by atoms with Crippen molar-refractivity contribution in [1.82, 2.24) is 15.1 Å². The van der Waals surface area contributed by atoms with Gasteiger partial charge in [-0.05, 0) is 18.8 Å². The quantitative estimate of drug-likeness (QED) is 0.855.